The average molecular weight is 383 g/mol. The highest BCUT2D eigenvalue weighted by molar-refractivity contribution is 9.09. The fourth-order valence-electron chi connectivity index (χ4n) is 1.68. The lowest BCUT2D eigenvalue weighted by molar-refractivity contribution is 1.14. The molecule has 0 saturated carbocycles. The van der Waals surface area contributed by atoms with Crippen LogP contribution in [0.3, 0.4) is 0 Å². The molecule has 5 heteroatoms. The van der Waals surface area contributed by atoms with Crippen LogP contribution in [0.1, 0.15) is 18.1 Å². The van der Waals surface area contributed by atoms with Crippen LogP contribution in [0.25, 0.3) is 0 Å². The van der Waals surface area contributed by atoms with Gasteiger partial charge < -0.3 is 0 Å². The van der Waals surface area contributed by atoms with Gasteiger partial charge in [-0.05, 0) is 21.0 Å². The van der Waals surface area contributed by atoms with Gasteiger partial charge in [0.1, 0.15) is 0 Å². The van der Waals surface area contributed by atoms with Crippen molar-refractivity contribution in [2.24, 2.45) is 0 Å². The highest BCUT2D eigenvalue weighted by Gasteiger charge is 2.09. The van der Waals surface area contributed by atoms with Gasteiger partial charge in [-0.3, -0.25) is 0 Å². The summed E-state index contributed by atoms with van der Waals surface area (Å²) in [5.41, 5.74) is 2.54. The van der Waals surface area contributed by atoms with Crippen LogP contribution in [0.15, 0.2) is 60.7 Å². The maximum absolute atomic E-state index is 5.50. The second-order valence-electron chi connectivity index (χ2n) is 4.68. The number of rotatable bonds is 8. The van der Waals surface area contributed by atoms with E-state index < -0.39 is 0 Å². The molecule has 22 heavy (non-hydrogen) atoms. The van der Waals surface area contributed by atoms with Gasteiger partial charge in [0.15, 0.2) is 0 Å². The third-order valence-corrected chi connectivity index (χ3v) is 8.89. The summed E-state index contributed by atoms with van der Waals surface area (Å²) in [5, 5.41) is 0.530. The molecule has 0 aliphatic heterocycles. The SMILES string of the molecule is CC(CSSSCc1ccccc1)SC(=S)c1ccccc1. The van der Waals surface area contributed by atoms with E-state index in [1.807, 2.05) is 49.6 Å². The molecule has 0 nitrogen and oxygen atoms in total. The molecule has 0 heterocycles. The first kappa shape index (κ1) is 18.3. The molecule has 116 valence electrons. The monoisotopic (exact) mass is 382 g/mol. The zero-order chi connectivity index (χ0) is 15.6. The predicted molar refractivity (Wildman–Crippen MR) is 113 cm³/mol. The Morgan fingerprint density at radius 3 is 2.27 bits per heavy atom. The lowest BCUT2D eigenvalue weighted by Crippen LogP contribution is -2.04. The standard InChI is InChI=1S/C17H18S5/c1-14(21-17(18)16-10-6-3-7-11-16)12-19-22-20-13-15-8-4-2-5-9-15/h2-11,14H,12-13H2,1H3. The molecule has 0 bridgehead atoms. The zero-order valence-corrected chi connectivity index (χ0v) is 16.4. The second-order valence-corrected chi connectivity index (χ2v) is 11.1. The van der Waals surface area contributed by atoms with Gasteiger partial charge in [0, 0.05) is 16.8 Å². The maximum atomic E-state index is 5.50. The highest BCUT2D eigenvalue weighted by atomic mass is 33.5. The summed E-state index contributed by atoms with van der Waals surface area (Å²) >= 11 is 7.30. The van der Waals surface area contributed by atoms with Crippen LogP contribution in [0, 0.1) is 0 Å². The van der Waals surface area contributed by atoms with Crippen molar-refractivity contribution in [3.05, 3.63) is 71.8 Å². The topological polar surface area (TPSA) is 0 Å². The van der Waals surface area contributed by atoms with Gasteiger partial charge >= 0.3 is 0 Å². The molecule has 1 unspecified atom stereocenters. The molecule has 0 aliphatic carbocycles. The summed E-state index contributed by atoms with van der Waals surface area (Å²) in [7, 11) is 5.69. The Kier molecular flexibility index (Phi) is 8.85. The van der Waals surface area contributed by atoms with E-state index in [0.717, 1.165) is 21.3 Å². The Hall–Kier alpha value is -0.0700. The van der Waals surface area contributed by atoms with Crippen LogP contribution in [-0.2, 0) is 5.75 Å². The first-order chi connectivity index (χ1) is 10.8. The minimum Gasteiger partial charge on any atom is -0.110 e. The molecule has 1 atom stereocenters. The van der Waals surface area contributed by atoms with Crippen LogP contribution in [0.2, 0.25) is 0 Å². The number of thioether (sulfide) groups is 1. The van der Waals surface area contributed by atoms with Gasteiger partial charge in [-0.25, -0.2) is 0 Å². The number of benzene rings is 2. The maximum Gasteiger partial charge on any atom is 0.0781 e. The molecule has 0 N–H and O–H groups in total. The number of thiocarbonyl (C=S) groups is 1. The van der Waals surface area contributed by atoms with Crippen molar-refractivity contribution in [2.45, 2.75) is 17.9 Å². The summed E-state index contributed by atoms with van der Waals surface area (Å²) in [5.74, 6) is 2.16. The van der Waals surface area contributed by atoms with E-state index in [4.69, 9.17) is 12.2 Å². The molecule has 2 aromatic rings. The summed E-state index contributed by atoms with van der Waals surface area (Å²) in [6.45, 7) is 2.25. The summed E-state index contributed by atoms with van der Waals surface area (Å²) in [6, 6.07) is 20.9. The summed E-state index contributed by atoms with van der Waals surface area (Å²) in [4.78, 5) is 0. The van der Waals surface area contributed by atoms with Crippen LogP contribution in [0.4, 0.5) is 0 Å². The molecular formula is C17H18S5. The van der Waals surface area contributed by atoms with E-state index in [-0.39, 0.29) is 0 Å². The van der Waals surface area contributed by atoms with Gasteiger partial charge in [-0.1, -0.05) is 101 Å². The minimum atomic E-state index is 0.530. The molecule has 2 rings (SSSR count). The van der Waals surface area contributed by atoms with E-state index in [0.29, 0.717) is 5.25 Å². The van der Waals surface area contributed by atoms with Gasteiger partial charge in [0.25, 0.3) is 0 Å². The smallest absolute Gasteiger partial charge is 0.0781 e. The summed E-state index contributed by atoms with van der Waals surface area (Å²) in [6.07, 6.45) is 0. The predicted octanol–water partition coefficient (Wildman–Crippen LogP) is 6.71. The quantitative estimate of drug-likeness (QED) is 0.282. The minimum absolute atomic E-state index is 0.530. The molecule has 0 amide bonds. The molecular weight excluding hydrogens is 365 g/mol. The Balaban J connectivity index is 1.60. The van der Waals surface area contributed by atoms with Gasteiger partial charge in [-0.15, -0.1) is 11.8 Å². The van der Waals surface area contributed by atoms with Crippen molar-refractivity contribution < 1.29 is 0 Å². The molecule has 2 aromatic carbocycles. The average Bonchev–Trinajstić information content (AvgIpc) is 2.56. The van der Waals surface area contributed by atoms with Crippen molar-refractivity contribution in [3.8, 4) is 0 Å². The molecule has 0 aliphatic rings. The lowest BCUT2D eigenvalue weighted by atomic mass is 10.2. The van der Waals surface area contributed by atoms with Crippen LogP contribution >= 0.6 is 55.4 Å². The molecule has 0 spiro atoms. The van der Waals surface area contributed by atoms with E-state index in [9.17, 15) is 0 Å². The molecule has 0 aromatic heterocycles. The van der Waals surface area contributed by atoms with Crippen molar-refractivity contribution in [3.63, 3.8) is 0 Å². The molecule has 0 fully saturated rings. The van der Waals surface area contributed by atoms with Crippen molar-refractivity contribution in [2.75, 3.05) is 5.75 Å². The second kappa shape index (κ2) is 10.7. The van der Waals surface area contributed by atoms with Crippen molar-refractivity contribution >= 4 is 59.6 Å². The third kappa shape index (κ3) is 7.01. The first-order valence-electron chi connectivity index (χ1n) is 6.97. The van der Waals surface area contributed by atoms with Crippen LogP contribution in [-0.4, -0.2) is 15.2 Å². The largest absolute Gasteiger partial charge is 0.110 e. The number of hydrogen-bond donors (Lipinski definition) is 0. The highest BCUT2D eigenvalue weighted by Crippen LogP contribution is 2.38. The Morgan fingerprint density at radius 1 is 0.955 bits per heavy atom. The van der Waals surface area contributed by atoms with Crippen molar-refractivity contribution in [1.82, 2.24) is 0 Å². The fourth-order valence-corrected chi connectivity index (χ4v) is 7.46. The van der Waals surface area contributed by atoms with E-state index in [2.05, 4.69) is 49.4 Å². The number of hydrogen-bond acceptors (Lipinski definition) is 5. The van der Waals surface area contributed by atoms with Crippen LogP contribution in [0.5, 0.6) is 0 Å². The van der Waals surface area contributed by atoms with Gasteiger partial charge in [0.05, 0.1) is 4.20 Å². The van der Waals surface area contributed by atoms with Crippen LogP contribution < -0.4 is 0 Å². The normalized spacial score (nSPS) is 12.0. The Bertz CT molecular complexity index is 556. The van der Waals surface area contributed by atoms with Gasteiger partial charge in [0.2, 0.25) is 0 Å². The third-order valence-electron chi connectivity index (χ3n) is 2.79. The van der Waals surface area contributed by atoms with Gasteiger partial charge in [-0.2, -0.15) is 0 Å². The van der Waals surface area contributed by atoms with E-state index in [1.165, 1.54) is 5.56 Å². The van der Waals surface area contributed by atoms with E-state index in [1.54, 1.807) is 11.8 Å². The molecule has 0 saturated heterocycles. The Morgan fingerprint density at radius 2 is 1.59 bits per heavy atom. The Labute approximate surface area is 154 Å². The van der Waals surface area contributed by atoms with E-state index >= 15 is 0 Å². The summed E-state index contributed by atoms with van der Waals surface area (Å²) < 4.78 is 0.996. The van der Waals surface area contributed by atoms with Crippen molar-refractivity contribution in [1.29, 1.82) is 0 Å². The molecule has 0 radical (unpaired) electrons. The lowest BCUT2D eigenvalue weighted by Gasteiger charge is -2.11. The first-order valence-corrected chi connectivity index (χ1v) is 12.1. The fraction of sp³-hybridized carbons (Fsp3) is 0.235. The zero-order valence-electron chi connectivity index (χ0n) is 12.3.